The molecule has 5 N–H and O–H groups in total. The number of benzene rings is 2. The Bertz CT molecular complexity index is 1470. The van der Waals surface area contributed by atoms with Gasteiger partial charge in [0.05, 0.1) is 9.83 Å². The molecule has 1 aliphatic carbocycles. The number of phenols is 1. The van der Waals surface area contributed by atoms with Crippen molar-refractivity contribution in [1.29, 1.82) is 0 Å². The molecule has 0 saturated heterocycles. The van der Waals surface area contributed by atoms with E-state index in [1.54, 1.807) is 0 Å². The summed E-state index contributed by atoms with van der Waals surface area (Å²) in [6, 6.07) is 4.81. The van der Waals surface area contributed by atoms with Crippen molar-refractivity contribution in [3.05, 3.63) is 56.5 Å². The standard InChI is InChI=1S/C16H12N4O10S2.Cr/c17-8-2-1-7-3-12(31(25,26)27)14(15(21)10(7)4-8)19-18-11-5-9(20(23)24)6-13(16(11)22)32(28,29)30;/h1-6,18,22H,17H2,(H,25,26,27)(H,28,29,30);/p-1/b19-14-;. The average molecular weight is 535 g/mol. The molecule has 0 atom stereocenters. The first kappa shape index (κ1) is 25.9. The number of Topliss-reactive ketones (excluding diaryl/α,β-unsaturated/α-hetero) is 1. The Morgan fingerprint density at radius 1 is 1.12 bits per heavy atom. The number of nitrogens with two attached hydrogens (primary N) is 1. The van der Waals surface area contributed by atoms with Crippen LogP contribution in [0.5, 0.6) is 5.75 Å². The van der Waals surface area contributed by atoms with Crippen LogP contribution in [-0.4, -0.2) is 47.5 Å². The fraction of sp³-hybridized carbons (Fsp3) is 0. The second-order valence-corrected chi connectivity index (χ2v) is 9.02. The fourth-order valence-corrected chi connectivity index (χ4v) is 4.01. The van der Waals surface area contributed by atoms with Crippen LogP contribution in [0, 0.1) is 10.1 Å². The normalized spacial score (nSPS) is 14.8. The van der Waals surface area contributed by atoms with Gasteiger partial charge in [0, 0.05) is 40.7 Å². The molecule has 0 heterocycles. The number of nitrogens with zero attached hydrogens (tertiary/aromatic N) is 2. The van der Waals surface area contributed by atoms with Gasteiger partial charge in [-0.15, -0.1) is 0 Å². The molecule has 174 valence electrons. The third-order valence-electron chi connectivity index (χ3n) is 4.16. The van der Waals surface area contributed by atoms with Crippen LogP contribution >= 0.6 is 0 Å². The van der Waals surface area contributed by atoms with Gasteiger partial charge in [0.2, 0.25) is 5.78 Å². The predicted octanol–water partition coefficient (Wildman–Crippen LogP) is 0.677. The van der Waals surface area contributed by atoms with Crippen LogP contribution in [0.1, 0.15) is 15.9 Å². The van der Waals surface area contributed by atoms with E-state index in [0.29, 0.717) is 12.1 Å². The number of fused-ring (bicyclic) bond motifs is 1. The molecule has 0 unspecified atom stereocenters. The molecule has 0 amide bonds. The number of hydrogen-bond acceptors (Lipinski definition) is 12. The molecule has 3 rings (SSSR count). The molecule has 1 aliphatic rings. The van der Waals surface area contributed by atoms with Crippen LogP contribution in [0.2, 0.25) is 0 Å². The Kier molecular flexibility index (Phi) is 6.99. The van der Waals surface area contributed by atoms with E-state index in [4.69, 9.17) is 5.73 Å². The quantitative estimate of drug-likeness (QED) is 0.136. The number of non-ortho nitro benzene ring substituents is 1. The van der Waals surface area contributed by atoms with Gasteiger partial charge in [0.15, 0.2) is 5.75 Å². The van der Waals surface area contributed by atoms with Crippen molar-refractivity contribution < 1.29 is 58.1 Å². The van der Waals surface area contributed by atoms with E-state index < -0.39 is 63.6 Å². The van der Waals surface area contributed by atoms with Crippen molar-refractivity contribution in [1.82, 2.24) is 0 Å². The number of allylic oxidation sites excluding steroid dienone is 1. The molecule has 14 nitrogen and oxygen atoms in total. The van der Waals surface area contributed by atoms with E-state index in [1.165, 1.54) is 18.2 Å². The zero-order chi connectivity index (χ0) is 24.0. The van der Waals surface area contributed by atoms with Crippen molar-refractivity contribution in [2.24, 2.45) is 5.10 Å². The summed E-state index contributed by atoms with van der Waals surface area (Å²) < 4.78 is 67.0. The molecule has 0 saturated carbocycles. The van der Waals surface area contributed by atoms with E-state index in [0.717, 1.165) is 6.08 Å². The topological polar surface area (TPSA) is 242 Å². The van der Waals surface area contributed by atoms with E-state index in [-0.39, 0.29) is 34.2 Å². The van der Waals surface area contributed by atoms with Crippen LogP contribution < -0.4 is 11.2 Å². The molecule has 0 bridgehead atoms. The van der Waals surface area contributed by atoms with Gasteiger partial charge in [-0.25, -0.2) is 8.42 Å². The Morgan fingerprint density at radius 3 is 2.30 bits per heavy atom. The van der Waals surface area contributed by atoms with Gasteiger partial charge in [-0.1, -0.05) is 6.07 Å². The summed E-state index contributed by atoms with van der Waals surface area (Å²) >= 11 is 0. The molecule has 0 aliphatic heterocycles. The fourth-order valence-electron chi connectivity index (χ4n) is 2.74. The van der Waals surface area contributed by atoms with Gasteiger partial charge in [-0.05, 0) is 23.8 Å². The maximum atomic E-state index is 12.8. The Balaban J connectivity index is 0.00000385. The summed E-state index contributed by atoms with van der Waals surface area (Å²) in [6.45, 7) is 0. The number of rotatable bonds is 5. The maximum Gasteiger partial charge on any atom is 0.298 e. The molecular formula is C16H11CrN4O10S2-. The number of nitro groups is 1. The zero-order valence-corrected chi connectivity index (χ0v) is 18.7. The van der Waals surface area contributed by atoms with Crippen LogP contribution in [0.3, 0.4) is 0 Å². The van der Waals surface area contributed by atoms with Gasteiger partial charge in [0.25, 0.3) is 15.8 Å². The van der Waals surface area contributed by atoms with Gasteiger partial charge in [0.1, 0.15) is 26.4 Å². The first-order valence-corrected chi connectivity index (χ1v) is 11.0. The van der Waals surface area contributed by atoms with E-state index in [1.807, 2.05) is 5.43 Å². The van der Waals surface area contributed by atoms with Crippen LogP contribution in [0.25, 0.3) is 6.08 Å². The number of nitrogen functional groups attached to an aromatic ring is 1. The molecule has 33 heavy (non-hydrogen) atoms. The number of phenolic OH excluding ortho intramolecular Hbond substituents is 1. The molecule has 2 aromatic carbocycles. The molecule has 0 radical (unpaired) electrons. The second kappa shape index (κ2) is 8.90. The Morgan fingerprint density at radius 2 is 1.76 bits per heavy atom. The molecule has 0 fully saturated rings. The summed E-state index contributed by atoms with van der Waals surface area (Å²) in [4.78, 5) is 20.4. The van der Waals surface area contributed by atoms with Crippen molar-refractivity contribution in [3.63, 3.8) is 0 Å². The van der Waals surface area contributed by atoms with Crippen molar-refractivity contribution in [3.8, 4) is 5.75 Å². The summed E-state index contributed by atoms with van der Waals surface area (Å²) in [6.07, 6.45) is 0.857. The summed E-state index contributed by atoms with van der Waals surface area (Å²) in [5.74, 6) is -2.28. The Labute approximate surface area is 196 Å². The Hall–Kier alpha value is -3.33. The van der Waals surface area contributed by atoms with E-state index in [9.17, 15) is 46.0 Å². The van der Waals surface area contributed by atoms with Crippen molar-refractivity contribution in [2.45, 2.75) is 4.90 Å². The SMILES string of the molecule is Nc1ccc2c(c1)C(=O)/C(=N\Nc1cc([N+](=O)[O-])cc(S(=O)(=O)O)c1O)C(S(=O)(=O)[O-])=C2.[Cr]. The minimum absolute atomic E-state index is 0. The number of nitrogens with one attached hydrogen (secondary N) is 1. The third-order valence-corrected chi connectivity index (χ3v) is 5.88. The van der Waals surface area contributed by atoms with E-state index in [2.05, 4.69) is 5.10 Å². The number of anilines is 2. The van der Waals surface area contributed by atoms with Gasteiger partial charge >= 0.3 is 0 Å². The monoisotopic (exact) mass is 535 g/mol. The summed E-state index contributed by atoms with van der Waals surface area (Å²) in [5, 5.41) is 24.6. The number of carbonyl (C=O) groups is 1. The minimum Gasteiger partial charge on any atom is -0.744 e. The maximum absolute atomic E-state index is 12.8. The number of nitro benzene ring substituents is 1. The molecule has 2 aromatic rings. The molecule has 17 heteroatoms. The second-order valence-electron chi connectivity index (χ2n) is 6.28. The van der Waals surface area contributed by atoms with Gasteiger partial charge < -0.3 is 15.4 Å². The van der Waals surface area contributed by atoms with Crippen LogP contribution in [-0.2, 0) is 37.6 Å². The minimum atomic E-state index is -5.25. The number of aromatic hydroxyl groups is 1. The first-order valence-electron chi connectivity index (χ1n) is 8.15. The van der Waals surface area contributed by atoms with E-state index >= 15 is 0 Å². The zero-order valence-electron chi connectivity index (χ0n) is 15.8. The first-order chi connectivity index (χ1) is 14.7. The summed E-state index contributed by atoms with van der Waals surface area (Å²) in [5.41, 5.74) is 4.99. The number of ketones is 1. The summed E-state index contributed by atoms with van der Waals surface area (Å²) in [7, 11) is -10.4. The van der Waals surface area contributed by atoms with Crippen LogP contribution in [0.4, 0.5) is 17.1 Å². The van der Waals surface area contributed by atoms with Gasteiger partial charge in [-0.2, -0.15) is 13.5 Å². The number of hydrogen-bond donors (Lipinski definition) is 4. The largest absolute Gasteiger partial charge is 0.744 e. The third kappa shape index (κ3) is 5.19. The average Bonchev–Trinajstić information content (AvgIpc) is 2.66. The van der Waals surface area contributed by atoms with Crippen LogP contribution in [0.15, 0.2) is 45.2 Å². The van der Waals surface area contributed by atoms with Crippen molar-refractivity contribution in [2.75, 3.05) is 11.2 Å². The molecule has 0 spiro atoms. The van der Waals surface area contributed by atoms with Crippen molar-refractivity contribution >= 4 is 54.9 Å². The molecular weight excluding hydrogens is 524 g/mol. The smallest absolute Gasteiger partial charge is 0.298 e. The molecule has 0 aromatic heterocycles. The number of carbonyl (C=O) groups excluding carboxylic acids is 1. The predicted molar refractivity (Wildman–Crippen MR) is 108 cm³/mol. The number of hydrazone groups is 1. The van der Waals surface area contributed by atoms with Gasteiger partial charge in [-0.3, -0.25) is 24.9 Å².